The standard InChI is InChI=1S/C73H113N7O25S/c1-4-5-28-59(71(94)80(3)62(48-68(90)91)72(95)79(2)61(69(74)92)46-52-24-19-18-20-25-52)76-49-63(83)60(45-53-30-33-57(34-31-53)105-106(98,99)100)78-70(93)58(35-37-67(88)89)77-65(85)51-104-44-41-101-39-23-27-56(82)50-103-43-42-102-40-38-75-64(84)36-32-54(73(96)97)47-55(81)26-21-16-14-12-10-8-6-7-9-11-13-15-17-22-29-66(86)87/h18-20,24-25,30-31,33-34,54,58-62,76H,4-17,21-23,26-29,32,35-51H2,1-3H3,(H2,74,92)(H,75,84)(H,77,85)(H,78,93)(H,86,87)(H,88,89)(H,90,91)(H,96,97)(H,98,99,100)/t54-,58-,59+,60+,61+,62-/m1/s1. The summed E-state index contributed by atoms with van der Waals surface area (Å²) in [6.45, 7) is 0.874. The van der Waals surface area contributed by atoms with Crippen molar-refractivity contribution in [1.82, 2.24) is 31.1 Å². The highest BCUT2D eigenvalue weighted by atomic mass is 32.3. The number of benzene rings is 2. The van der Waals surface area contributed by atoms with Crippen LogP contribution < -0.4 is 31.2 Å². The number of carboxylic acid groups (broad SMARTS) is 4. The van der Waals surface area contributed by atoms with E-state index in [1.807, 2.05) is 6.92 Å². The fourth-order valence-corrected chi connectivity index (χ4v) is 11.7. The van der Waals surface area contributed by atoms with Gasteiger partial charge in [0.2, 0.25) is 35.4 Å². The minimum absolute atomic E-state index is 0.0116. The Morgan fingerprint density at radius 2 is 1.03 bits per heavy atom. The molecule has 0 unspecified atom stereocenters. The zero-order valence-corrected chi connectivity index (χ0v) is 62.3. The number of amides is 6. The molecule has 0 aromatic heterocycles. The Labute approximate surface area is 620 Å². The topological polar surface area (TPSA) is 484 Å². The van der Waals surface area contributed by atoms with Gasteiger partial charge in [0.15, 0.2) is 11.6 Å². The van der Waals surface area contributed by atoms with Crippen LogP contribution in [0.25, 0.3) is 0 Å². The third-order valence-electron chi connectivity index (χ3n) is 17.3. The van der Waals surface area contributed by atoms with E-state index in [4.69, 9.17) is 29.8 Å². The maximum atomic E-state index is 14.3. The van der Waals surface area contributed by atoms with Crippen molar-refractivity contribution in [3.8, 4) is 5.75 Å². The molecule has 32 nitrogen and oxygen atoms in total. The SMILES string of the molecule is CCCC[C@H](NCC(=O)[C@H](Cc1ccc(OS(=O)(=O)O)cc1)NC(=O)[C@@H](CCC(=O)O)NC(=O)COCCOCCCC(=O)COCCOCCNC(=O)CC[C@H](CC(=O)CCCCCCCCCCCCCCCCC(=O)O)C(=O)O)C(=O)N(C)[C@H](CC(=O)O)C(=O)N(C)[C@@H](Cc1ccccc1)C(N)=O. The predicted octanol–water partition coefficient (Wildman–Crippen LogP) is 5.12. The number of carbonyl (C=O) groups is 13. The van der Waals surface area contributed by atoms with Gasteiger partial charge in [0.1, 0.15) is 42.9 Å². The Bertz CT molecular complexity index is 3140. The monoisotopic (exact) mass is 1520 g/mol. The van der Waals surface area contributed by atoms with Crippen molar-refractivity contribution in [2.24, 2.45) is 11.7 Å². The highest BCUT2D eigenvalue weighted by Crippen LogP contribution is 2.21. The molecule has 11 N–H and O–H groups in total. The van der Waals surface area contributed by atoms with Crippen LogP contribution in [0.4, 0.5) is 0 Å². The van der Waals surface area contributed by atoms with Crippen molar-refractivity contribution in [3.05, 3.63) is 65.7 Å². The molecule has 0 saturated carbocycles. The number of likely N-dealkylation sites (N-methyl/N-ethyl adjacent to an activating group) is 2. The molecule has 2 aromatic rings. The van der Waals surface area contributed by atoms with Crippen LogP contribution in [-0.4, -0.2) is 230 Å². The Hall–Kier alpha value is -8.34. The van der Waals surface area contributed by atoms with Gasteiger partial charge < -0.3 is 75.0 Å². The number of aliphatic carboxylic acids is 4. The lowest BCUT2D eigenvalue weighted by atomic mass is 9.94. The summed E-state index contributed by atoms with van der Waals surface area (Å²) in [6, 6.07) is 6.29. The molecule has 0 bridgehead atoms. The molecule has 2 aromatic carbocycles. The first-order valence-electron chi connectivity index (χ1n) is 36.5. The normalized spacial score (nSPS) is 13.0. The molecular weight excluding hydrogens is 1410 g/mol. The van der Waals surface area contributed by atoms with E-state index in [9.17, 15) is 90.6 Å². The zero-order valence-electron chi connectivity index (χ0n) is 61.5. The van der Waals surface area contributed by atoms with E-state index >= 15 is 0 Å². The minimum atomic E-state index is -4.93. The average Bonchev–Trinajstić information content (AvgIpc) is 0.821. The second-order valence-electron chi connectivity index (χ2n) is 26.1. The molecular formula is C73H113N7O25S. The number of Topliss-reactive ketones (excluding diaryl/α,β-unsaturated/α-hetero) is 3. The number of carbonyl (C=O) groups excluding carboxylic acids is 9. The third-order valence-corrected chi connectivity index (χ3v) is 17.7. The quantitative estimate of drug-likeness (QED) is 0.0303. The van der Waals surface area contributed by atoms with Crippen LogP contribution in [-0.2, 0) is 105 Å². The van der Waals surface area contributed by atoms with Crippen LogP contribution in [0, 0.1) is 5.92 Å². The van der Waals surface area contributed by atoms with Gasteiger partial charge >= 0.3 is 34.3 Å². The van der Waals surface area contributed by atoms with Gasteiger partial charge in [0.05, 0.1) is 64.0 Å². The molecule has 33 heteroatoms. The van der Waals surface area contributed by atoms with Gasteiger partial charge in [0.25, 0.3) is 0 Å². The second kappa shape index (κ2) is 55.1. The van der Waals surface area contributed by atoms with Crippen molar-refractivity contribution in [2.45, 2.75) is 223 Å². The van der Waals surface area contributed by atoms with Gasteiger partial charge in [-0.05, 0) is 68.2 Å². The molecule has 0 fully saturated rings. The Balaban J connectivity index is 1.82. The minimum Gasteiger partial charge on any atom is -0.481 e. The fourth-order valence-electron chi connectivity index (χ4n) is 11.3. The van der Waals surface area contributed by atoms with E-state index in [0.717, 1.165) is 73.3 Å². The van der Waals surface area contributed by atoms with Crippen molar-refractivity contribution in [3.63, 3.8) is 0 Å². The number of nitrogens with zero attached hydrogens (tertiary/aromatic N) is 2. The van der Waals surface area contributed by atoms with Gasteiger partial charge in [-0.15, -0.1) is 0 Å². The number of nitrogens with one attached hydrogen (secondary N) is 4. The van der Waals surface area contributed by atoms with Crippen LogP contribution in [0.3, 0.4) is 0 Å². The van der Waals surface area contributed by atoms with Crippen molar-refractivity contribution in [2.75, 3.05) is 80.0 Å². The summed E-state index contributed by atoms with van der Waals surface area (Å²) in [4.78, 5) is 168. The second-order valence-corrected chi connectivity index (χ2v) is 27.1. The fraction of sp³-hybridized carbons (Fsp3) is 0.658. The number of ketones is 3. The first-order chi connectivity index (χ1) is 50.5. The molecule has 2 rings (SSSR count). The van der Waals surface area contributed by atoms with Crippen molar-refractivity contribution in [1.29, 1.82) is 0 Å². The number of rotatable bonds is 66. The molecule has 0 aliphatic heterocycles. The molecule has 0 radical (unpaired) electrons. The molecule has 6 atom stereocenters. The summed E-state index contributed by atoms with van der Waals surface area (Å²) in [5.41, 5.74) is 6.64. The van der Waals surface area contributed by atoms with Gasteiger partial charge in [0, 0.05) is 72.2 Å². The number of carboxylic acids is 4. The molecule has 596 valence electrons. The van der Waals surface area contributed by atoms with E-state index in [1.165, 1.54) is 58.3 Å². The summed E-state index contributed by atoms with van der Waals surface area (Å²) >= 11 is 0. The summed E-state index contributed by atoms with van der Waals surface area (Å²) in [7, 11) is -2.47. The molecule has 0 heterocycles. The number of unbranched alkanes of at least 4 members (excludes halogenated alkanes) is 14. The maximum Gasteiger partial charge on any atom is 0.446 e. The highest BCUT2D eigenvalue weighted by molar-refractivity contribution is 7.81. The summed E-state index contributed by atoms with van der Waals surface area (Å²) in [5, 5.41) is 48.4. The van der Waals surface area contributed by atoms with E-state index in [2.05, 4.69) is 25.5 Å². The van der Waals surface area contributed by atoms with E-state index in [-0.39, 0.29) is 133 Å². The maximum absolute atomic E-state index is 14.3. The lowest BCUT2D eigenvalue weighted by Crippen LogP contribution is -2.58. The summed E-state index contributed by atoms with van der Waals surface area (Å²) in [6.07, 6.45) is 14.3. The van der Waals surface area contributed by atoms with Gasteiger partial charge in [-0.2, -0.15) is 8.42 Å². The summed E-state index contributed by atoms with van der Waals surface area (Å²) in [5.74, 6) is -11.9. The first kappa shape index (κ1) is 93.7. The smallest absolute Gasteiger partial charge is 0.446 e. The number of hydrogen-bond acceptors (Lipinski definition) is 21. The number of ether oxygens (including phenoxy) is 4. The van der Waals surface area contributed by atoms with Crippen molar-refractivity contribution < 1.29 is 119 Å². The van der Waals surface area contributed by atoms with E-state index < -0.39 is 138 Å². The third kappa shape index (κ3) is 44.6. The first-order valence-corrected chi connectivity index (χ1v) is 37.9. The largest absolute Gasteiger partial charge is 0.481 e. The molecule has 106 heavy (non-hydrogen) atoms. The van der Waals surface area contributed by atoms with Gasteiger partial charge in [-0.3, -0.25) is 72.2 Å². The predicted molar refractivity (Wildman–Crippen MR) is 386 cm³/mol. The average molecular weight is 1520 g/mol. The molecule has 0 saturated heterocycles. The Morgan fingerprint density at radius 1 is 0.491 bits per heavy atom. The highest BCUT2D eigenvalue weighted by Gasteiger charge is 2.38. The summed E-state index contributed by atoms with van der Waals surface area (Å²) < 4.78 is 58.2. The van der Waals surface area contributed by atoms with Crippen LogP contribution in [0.15, 0.2) is 54.6 Å². The molecule has 0 aliphatic carbocycles. The van der Waals surface area contributed by atoms with Crippen LogP contribution >= 0.6 is 0 Å². The van der Waals surface area contributed by atoms with Crippen LogP contribution in [0.5, 0.6) is 5.75 Å². The van der Waals surface area contributed by atoms with E-state index in [1.54, 1.807) is 30.3 Å². The number of nitrogens with two attached hydrogens (primary N) is 1. The van der Waals surface area contributed by atoms with Crippen LogP contribution in [0.2, 0.25) is 0 Å². The van der Waals surface area contributed by atoms with Crippen molar-refractivity contribution >= 4 is 87.1 Å². The lowest BCUT2D eigenvalue weighted by Gasteiger charge is -2.35. The molecule has 0 spiro atoms. The van der Waals surface area contributed by atoms with Gasteiger partial charge in [-0.25, -0.2) is 0 Å². The molecule has 6 amide bonds. The lowest BCUT2D eigenvalue weighted by molar-refractivity contribution is -0.152. The Kier molecular flexibility index (Phi) is 48.8. The van der Waals surface area contributed by atoms with Gasteiger partial charge in [-0.1, -0.05) is 139 Å². The molecule has 0 aliphatic rings. The van der Waals surface area contributed by atoms with E-state index in [0.29, 0.717) is 37.7 Å². The zero-order chi connectivity index (χ0) is 78.7. The number of primary amides is 1. The van der Waals surface area contributed by atoms with Crippen LogP contribution in [0.1, 0.15) is 191 Å². The number of hydrogen-bond donors (Lipinski definition) is 10. The Morgan fingerprint density at radius 3 is 1.58 bits per heavy atom.